The number of hydrogen-bond donors (Lipinski definition) is 1. The maximum Gasteiger partial charge on any atom is 0.266 e. The Kier molecular flexibility index (Phi) is 6.01. The molecule has 1 N–H and O–H groups in total. The number of benzene rings is 2. The third-order valence-corrected chi connectivity index (χ3v) is 5.29. The van der Waals surface area contributed by atoms with Crippen molar-refractivity contribution in [3.8, 4) is 16.3 Å². The van der Waals surface area contributed by atoms with Crippen LogP contribution in [0.1, 0.15) is 33.3 Å². The number of hydrogen-bond acceptors (Lipinski definition) is 5. The fourth-order valence-corrected chi connectivity index (χ4v) is 3.36. The molecule has 0 aliphatic rings. The molecular formula is C21H22ClN3O2S. The van der Waals surface area contributed by atoms with Gasteiger partial charge in [0.2, 0.25) is 5.13 Å². The lowest BCUT2D eigenvalue weighted by atomic mass is 9.87. The molecule has 0 bridgehead atoms. The first-order chi connectivity index (χ1) is 13.2. The van der Waals surface area contributed by atoms with Crippen molar-refractivity contribution in [2.24, 2.45) is 0 Å². The van der Waals surface area contributed by atoms with Crippen molar-refractivity contribution in [3.05, 3.63) is 59.1 Å². The summed E-state index contributed by atoms with van der Waals surface area (Å²) in [7, 11) is 0. The molecule has 1 heterocycles. The van der Waals surface area contributed by atoms with Crippen LogP contribution < -0.4 is 10.1 Å². The number of rotatable bonds is 5. The van der Waals surface area contributed by atoms with Gasteiger partial charge < -0.3 is 4.74 Å². The van der Waals surface area contributed by atoms with Gasteiger partial charge in [-0.05, 0) is 42.2 Å². The molecule has 1 atom stereocenters. The van der Waals surface area contributed by atoms with Crippen molar-refractivity contribution in [3.63, 3.8) is 0 Å². The number of carbonyl (C=O) groups excluding carboxylic acids is 1. The second-order valence-electron chi connectivity index (χ2n) is 7.44. The number of nitrogens with zero attached hydrogens (tertiary/aromatic N) is 2. The van der Waals surface area contributed by atoms with Crippen molar-refractivity contribution < 1.29 is 9.53 Å². The normalized spacial score (nSPS) is 12.5. The van der Waals surface area contributed by atoms with Gasteiger partial charge in [0.25, 0.3) is 5.91 Å². The molecule has 0 saturated carbocycles. The van der Waals surface area contributed by atoms with E-state index < -0.39 is 6.10 Å². The predicted molar refractivity (Wildman–Crippen MR) is 114 cm³/mol. The topological polar surface area (TPSA) is 64.1 Å². The molecule has 3 rings (SSSR count). The van der Waals surface area contributed by atoms with Crippen molar-refractivity contribution in [1.82, 2.24) is 10.2 Å². The summed E-state index contributed by atoms with van der Waals surface area (Å²) in [5.41, 5.74) is 2.17. The Morgan fingerprint density at radius 1 is 1.07 bits per heavy atom. The van der Waals surface area contributed by atoms with Crippen LogP contribution in [0.2, 0.25) is 5.02 Å². The first-order valence-electron chi connectivity index (χ1n) is 8.90. The molecule has 28 heavy (non-hydrogen) atoms. The van der Waals surface area contributed by atoms with Crippen molar-refractivity contribution in [2.45, 2.75) is 39.2 Å². The molecular weight excluding hydrogens is 394 g/mol. The van der Waals surface area contributed by atoms with Gasteiger partial charge in [0.1, 0.15) is 10.8 Å². The summed E-state index contributed by atoms with van der Waals surface area (Å²) in [4.78, 5) is 12.4. The van der Waals surface area contributed by atoms with E-state index in [2.05, 4.69) is 36.3 Å². The molecule has 3 aromatic rings. The molecule has 2 aromatic carbocycles. The monoisotopic (exact) mass is 415 g/mol. The van der Waals surface area contributed by atoms with E-state index in [1.165, 1.54) is 16.9 Å². The fraction of sp³-hybridized carbons (Fsp3) is 0.286. The van der Waals surface area contributed by atoms with E-state index in [9.17, 15) is 4.79 Å². The number of aromatic nitrogens is 2. The maximum atomic E-state index is 12.4. The highest BCUT2D eigenvalue weighted by Crippen LogP contribution is 2.28. The average molecular weight is 416 g/mol. The molecule has 1 amide bonds. The van der Waals surface area contributed by atoms with Crippen LogP contribution >= 0.6 is 22.9 Å². The molecule has 7 heteroatoms. The van der Waals surface area contributed by atoms with Crippen molar-refractivity contribution in [1.29, 1.82) is 0 Å². The molecule has 0 fully saturated rings. The first-order valence-corrected chi connectivity index (χ1v) is 10.1. The van der Waals surface area contributed by atoms with Gasteiger partial charge in [-0.3, -0.25) is 10.1 Å². The number of amides is 1. The van der Waals surface area contributed by atoms with Crippen LogP contribution in [-0.4, -0.2) is 22.2 Å². The van der Waals surface area contributed by atoms with E-state index in [0.717, 1.165) is 5.56 Å². The maximum absolute atomic E-state index is 12.4. The minimum absolute atomic E-state index is 0.0706. The highest BCUT2D eigenvalue weighted by atomic mass is 35.5. The van der Waals surface area contributed by atoms with Crippen LogP contribution in [0.4, 0.5) is 5.13 Å². The lowest BCUT2D eigenvalue weighted by molar-refractivity contribution is -0.122. The minimum Gasteiger partial charge on any atom is -0.481 e. The van der Waals surface area contributed by atoms with Crippen LogP contribution in [0.15, 0.2) is 48.5 Å². The minimum atomic E-state index is -0.664. The zero-order valence-corrected chi connectivity index (χ0v) is 17.8. The molecule has 0 radical (unpaired) electrons. The third-order valence-electron chi connectivity index (χ3n) is 4.15. The Balaban J connectivity index is 1.61. The Morgan fingerprint density at radius 2 is 1.71 bits per heavy atom. The molecule has 0 saturated heterocycles. The molecule has 0 aliphatic heterocycles. The van der Waals surface area contributed by atoms with E-state index in [1.54, 1.807) is 19.1 Å². The molecule has 146 valence electrons. The molecule has 5 nitrogen and oxygen atoms in total. The summed E-state index contributed by atoms with van der Waals surface area (Å²) in [6.45, 7) is 8.16. The van der Waals surface area contributed by atoms with Crippen molar-refractivity contribution >= 4 is 34.0 Å². The average Bonchev–Trinajstić information content (AvgIpc) is 3.10. The number of carbonyl (C=O) groups is 1. The highest BCUT2D eigenvalue weighted by Gasteiger charge is 2.18. The van der Waals surface area contributed by atoms with Crippen molar-refractivity contribution in [2.75, 3.05) is 5.32 Å². The number of nitrogens with one attached hydrogen (secondary N) is 1. The fourth-order valence-electron chi connectivity index (χ4n) is 2.48. The van der Waals surface area contributed by atoms with Gasteiger partial charge in [0.15, 0.2) is 6.10 Å². The lowest BCUT2D eigenvalue weighted by Crippen LogP contribution is -2.30. The van der Waals surface area contributed by atoms with E-state index in [-0.39, 0.29) is 11.3 Å². The number of anilines is 1. The SMILES string of the molecule is C[C@@H](Oc1ccc(C(C)(C)C)cc1)C(=O)Nc1nnc(-c2ccc(Cl)cc2)s1. The van der Waals surface area contributed by atoms with Gasteiger partial charge in [0.05, 0.1) is 0 Å². The van der Waals surface area contributed by atoms with Crippen LogP contribution in [0.5, 0.6) is 5.75 Å². The van der Waals surface area contributed by atoms with E-state index in [1.807, 2.05) is 36.4 Å². The van der Waals surface area contributed by atoms with E-state index in [4.69, 9.17) is 16.3 Å². The Bertz CT molecular complexity index is 947. The van der Waals surface area contributed by atoms with Crippen LogP contribution in [-0.2, 0) is 10.2 Å². The Hall–Kier alpha value is -2.44. The lowest BCUT2D eigenvalue weighted by Gasteiger charge is -2.20. The first kappa shape index (κ1) is 20.3. The van der Waals surface area contributed by atoms with Gasteiger partial charge in [0, 0.05) is 10.6 Å². The third kappa shape index (κ3) is 5.09. The second-order valence-corrected chi connectivity index (χ2v) is 8.86. The quantitative estimate of drug-likeness (QED) is 0.592. The summed E-state index contributed by atoms with van der Waals surface area (Å²) >= 11 is 7.20. The summed E-state index contributed by atoms with van der Waals surface area (Å²) in [5, 5.41) is 12.7. The second kappa shape index (κ2) is 8.29. The largest absolute Gasteiger partial charge is 0.481 e. The highest BCUT2D eigenvalue weighted by molar-refractivity contribution is 7.18. The molecule has 1 aromatic heterocycles. The number of ether oxygens (including phenoxy) is 1. The standard InChI is InChI=1S/C21H22ClN3O2S/c1-13(27-17-11-7-15(8-12-17)21(2,3)4)18(26)23-20-25-24-19(28-20)14-5-9-16(22)10-6-14/h5-13H,1-4H3,(H,23,25,26)/t13-/m1/s1. The Labute approximate surface area is 173 Å². The predicted octanol–water partition coefficient (Wildman–Crippen LogP) is 5.56. The zero-order valence-electron chi connectivity index (χ0n) is 16.2. The summed E-state index contributed by atoms with van der Waals surface area (Å²) in [6.07, 6.45) is -0.664. The van der Waals surface area contributed by atoms with Crippen LogP contribution in [0.3, 0.4) is 0 Å². The molecule has 0 aliphatic carbocycles. The van der Waals surface area contributed by atoms with Crippen LogP contribution in [0, 0.1) is 0 Å². The zero-order chi connectivity index (χ0) is 20.3. The summed E-state index contributed by atoms with van der Waals surface area (Å²) in [5.74, 6) is 0.369. The molecule has 0 spiro atoms. The van der Waals surface area contributed by atoms with Gasteiger partial charge in [-0.25, -0.2) is 0 Å². The van der Waals surface area contributed by atoms with Crippen LogP contribution in [0.25, 0.3) is 10.6 Å². The smallest absolute Gasteiger partial charge is 0.266 e. The van der Waals surface area contributed by atoms with Gasteiger partial charge >= 0.3 is 0 Å². The number of halogens is 1. The molecule has 0 unspecified atom stereocenters. The van der Waals surface area contributed by atoms with E-state index >= 15 is 0 Å². The van der Waals surface area contributed by atoms with Gasteiger partial charge in [-0.2, -0.15) is 0 Å². The van der Waals surface area contributed by atoms with E-state index in [0.29, 0.717) is 20.9 Å². The summed E-state index contributed by atoms with van der Waals surface area (Å²) in [6, 6.07) is 15.1. The van der Waals surface area contributed by atoms with Gasteiger partial charge in [-0.1, -0.05) is 68.0 Å². The summed E-state index contributed by atoms with van der Waals surface area (Å²) < 4.78 is 5.75. The van der Waals surface area contributed by atoms with Gasteiger partial charge in [-0.15, -0.1) is 10.2 Å². The Morgan fingerprint density at radius 3 is 2.32 bits per heavy atom.